The number of fused-ring (bicyclic) bond motifs is 3. The van der Waals surface area contributed by atoms with E-state index >= 15 is 0 Å². The van der Waals surface area contributed by atoms with Crippen LogP contribution in [-0.2, 0) is 0 Å². The van der Waals surface area contributed by atoms with Crippen LogP contribution in [0.3, 0.4) is 0 Å². The molecule has 0 amide bonds. The first-order valence-corrected chi connectivity index (χ1v) is 10.3. The Bertz CT molecular complexity index is 1250. The molecule has 0 spiro atoms. The van der Waals surface area contributed by atoms with E-state index in [4.69, 9.17) is 9.41 Å². The van der Waals surface area contributed by atoms with Crippen molar-refractivity contribution < 1.29 is 4.42 Å². The lowest BCUT2D eigenvalue weighted by Crippen LogP contribution is -2.07. The molecule has 1 unspecified atom stereocenters. The van der Waals surface area contributed by atoms with Crippen LogP contribution in [0.25, 0.3) is 27.6 Å². The lowest BCUT2D eigenvalue weighted by molar-refractivity contribution is 0.591. The second-order valence-electron chi connectivity index (χ2n) is 7.50. The molecule has 5 rings (SSSR count). The molecule has 1 aliphatic carbocycles. The summed E-state index contributed by atoms with van der Waals surface area (Å²) < 4.78 is 8.57. The van der Waals surface area contributed by atoms with E-state index in [0.29, 0.717) is 5.92 Å². The first-order valence-electron chi connectivity index (χ1n) is 10.3. The topological polar surface area (TPSA) is 30.4 Å². The Morgan fingerprint density at radius 3 is 2.83 bits per heavy atom. The highest BCUT2D eigenvalue weighted by Gasteiger charge is 2.20. The summed E-state index contributed by atoms with van der Waals surface area (Å²) in [6.45, 7) is 2.00. The maximum atomic E-state index is 6.28. The third kappa shape index (κ3) is 3.13. The average molecular weight is 380 g/mol. The van der Waals surface area contributed by atoms with Crippen LogP contribution in [0.2, 0.25) is 0 Å². The highest BCUT2D eigenvalue weighted by molar-refractivity contribution is 6.10. The molecule has 0 radical (unpaired) electrons. The number of para-hydroxylation sites is 1. The predicted octanol–water partition coefficient (Wildman–Crippen LogP) is 7.48. The van der Waals surface area contributed by atoms with Gasteiger partial charge in [-0.15, -0.1) is 0 Å². The standard InChI is InChI=1S/C26H24N2O/c1-2-3-17-27-25-23(28-18-9-13-22(28)19-10-5-4-6-11-19)16-15-21-20-12-7-8-14-24(20)29-26(21)25/h2-5,7-9,12-19H,6,10-11H2,1H3/b3-2-,27-17?. The maximum absolute atomic E-state index is 6.28. The van der Waals surface area contributed by atoms with Gasteiger partial charge >= 0.3 is 0 Å². The van der Waals surface area contributed by atoms with E-state index in [-0.39, 0.29) is 0 Å². The van der Waals surface area contributed by atoms with Gasteiger partial charge in [0.1, 0.15) is 11.3 Å². The molecule has 0 N–H and O–H groups in total. The molecule has 2 heterocycles. The summed E-state index contributed by atoms with van der Waals surface area (Å²) in [5, 5.41) is 2.23. The van der Waals surface area contributed by atoms with E-state index in [0.717, 1.165) is 46.2 Å². The molecule has 29 heavy (non-hydrogen) atoms. The van der Waals surface area contributed by atoms with Crippen LogP contribution in [0.15, 0.2) is 88.4 Å². The van der Waals surface area contributed by atoms with E-state index in [9.17, 15) is 0 Å². The lowest BCUT2D eigenvalue weighted by Gasteiger charge is -2.21. The number of aromatic nitrogens is 1. The zero-order valence-electron chi connectivity index (χ0n) is 16.6. The molecule has 144 valence electrons. The van der Waals surface area contributed by atoms with Crippen molar-refractivity contribution in [1.82, 2.24) is 4.57 Å². The quantitative estimate of drug-likeness (QED) is 0.267. The fourth-order valence-corrected chi connectivity index (χ4v) is 4.30. The van der Waals surface area contributed by atoms with Crippen molar-refractivity contribution in [3.05, 3.63) is 84.7 Å². The second kappa shape index (κ2) is 7.59. The van der Waals surface area contributed by atoms with E-state index in [2.05, 4.69) is 59.3 Å². The predicted molar refractivity (Wildman–Crippen MR) is 122 cm³/mol. The van der Waals surface area contributed by atoms with Crippen molar-refractivity contribution in [2.24, 2.45) is 4.99 Å². The van der Waals surface area contributed by atoms with Gasteiger partial charge in [0.15, 0.2) is 5.58 Å². The largest absolute Gasteiger partial charge is 0.454 e. The van der Waals surface area contributed by atoms with Crippen molar-refractivity contribution in [1.29, 1.82) is 0 Å². The summed E-state index contributed by atoms with van der Waals surface area (Å²) in [6, 6.07) is 16.9. The second-order valence-corrected chi connectivity index (χ2v) is 7.50. The monoisotopic (exact) mass is 380 g/mol. The van der Waals surface area contributed by atoms with Gasteiger partial charge in [0, 0.05) is 34.8 Å². The normalized spacial score (nSPS) is 17.3. The summed E-state index contributed by atoms with van der Waals surface area (Å²) in [5.41, 5.74) is 5.01. The number of hydrogen-bond acceptors (Lipinski definition) is 2. The molecule has 0 saturated carbocycles. The summed E-state index contributed by atoms with van der Waals surface area (Å²) >= 11 is 0. The number of furan rings is 1. The van der Waals surface area contributed by atoms with Gasteiger partial charge in [-0.1, -0.05) is 36.4 Å². The van der Waals surface area contributed by atoms with Crippen LogP contribution in [-0.4, -0.2) is 10.8 Å². The van der Waals surface area contributed by atoms with Gasteiger partial charge in [-0.2, -0.15) is 0 Å². The first-order chi connectivity index (χ1) is 14.4. The molecule has 3 heteroatoms. The Labute approximate surface area is 170 Å². The SMILES string of the molecule is C/C=C\C=Nc1c(-n2cccc2C2CC=CCC2)ccc2c1oc1ccccc12. The number of rotatable bonds is 4. The van der Waals surface area contributed by atoms with E-state index in [1.165, 1.54) is 12.1 Å². The molecule has 0 bridgehead atoms. The number of hydrogen-bond donors (Lipinski definition) is 0. The molecule has 2 aromatic heterocycles. The van der Waals surface area contributed by atoms with Gasteiger partial charge < -0.3 is 8.98 Å². The smallest absolute Gasteiger partial charge is 0.163 e. The van der Waals surface area contributed by atoms with Crippen LogP contribution < -0.4 is 0 Å². The Balaban J connectivity index is 1.74. The van der Waals surface area contributed by atoms with Crippen molar-refractivity contribution in [2.45, 2.75) is 32.1 Å². The van der Waals surface area contributed by atoms with Crippen molar-refractivity contribution in [2.75, 3.05) is 0 Å². The lowest BCUT2D eigenvalue weighted by atomic mass is 9.91. The fourth-order valence-electron chi connectivity index (χ4n) is 4.30. The highest BCUT2D eigenvalue weighted by atomic mass is 16.3. The van der Waals surface area contributed by atoms with E-state index < -0.39 is 0 Å². The Kier molecular flexibility index (Phi) is 4.65. The fraction of sp³-hybridized carbons (Fsp3) is 0.192. The molecule has 1 aliphatic rings. The molecule has 3 nitrogen and oxygen atoms in total. The van der Waals surface area contributed by atoms with Crippen LogP contribution in [0.4, 0.5) is 5.69 Å². The van der Waals surface area contributed by atoms with Crippen LogP contribution in [0, 0.1) is 0 Å². The van der Waals surface area contributed by atoms with E-state index in [1.54, 1.807) is 0 Å². The Hall–Kier alpha value is -3.33. The third-order valence-corrected chi connectivity index (χ3v) is 5.71. The van der Waals surface area contributed by atoms with Crippen LogP contribution in [0.5, 0.6) is 0 Å². The Morgan fingerprint density at radius 1 is 1.03 bits per heavy atom. The van der Waals surface area contributed by atoms with Crippen molar-refractivity contribution >= 4 is 33.8 Å². The van der Waals surface area contributed by atoms with Crippen LogP contribution in [0.1, 0.15) is 37.8 Å². The third-order valence-electron chi connectivity index (χ3n) is 5.71. The van der Waals surface area contributed by atoms with Crippen molar-refractivity contribution in [3.63, 3.8) is 0 Å². The minimum atomic E-state index is 0.536. The summed E-state index contributed by atoms with van der Waals surface area (Å²) in [7, 11) is 0. The first kappa shape index (κ1) is 17.7. The zero-order chi connectivity index (χ0) is 19.6. The van der Waals surface area contributed by atoms with Crippen LogP contribution >= 0.6 is 0 Å². The van der Waals surface area contributed by atoms with Gasteiger partial charge in [0.05, 0.1) is 5.69 Å². The summed E-state index contributed by atoms with van der Waals surface area (Å²) in [6.07, 6.45) is 15.9. The summed E-state index contributed by atoms with van der Waals surface area (Å²) in [4.78, 5) is 4.82. The zero-order valence-corrected chi connectivity index (χ0v) is 16.6. The van der Waals surface area contributed by atoms with Gasteiger partial charge in [0.2, 0.25) is 0 Å². The van der Waals surface area contributed by atoms with Gasteiger partial charge in [-0.05, 0) is 62.6 Å². The average Bonchev–Trinajstić information content (AvgIpc) is 3.39. The van der Waals surface area contributed by atoms with Gasteiger partial charge in [-0.25, -0.2) is 0 Å². The molecule has 0 aliphatic heterocycles. The number of nitrogens with zero attached hydrogens (tertiary/aromatic N) is 2. The van der Waals surface area contributed by atoms with Gasteiger partial charge in [0.25, 0.3) is 0 Å². The Morgan fingerprint density at radius 2 is 1.97 bits per heavy atom. The number of aliphatic imine (C=N–C) groups is 1. The molecule has 0 fully saturated rings. The minimum absolute atomic E-state index is 0.536. The highest BCUT2D eigenvalue weighted by Crippen LogP contribution is 2.40. The maximum Gasteiger partial charge on any atom is 0.163 e. The summed E-state index contributed by atoms with van der Waals surface area (Å²) in [5.74, 6) is 0.536. The molecular formula is C26H24N2O. The molecule has 2 aromatic carbocycles. The molecule has 1 atom stereocenters. The number of allylic oxidation sites excluding steroid dienone is 4. The molecule has 4 aromatic rings. The van der Waals surface area contributed by atoms with Crippen molar-refractivity contribution in [3.8, 4) is 5.69 Å². The van der Waals surface area contributed by atoms with Gasteiger partial charge in [-0.3, -0.25) is 4.99 Å². The molecule has 0 saturated heterocycles. The molecular weight excluding hydrogens is 356 g/mol. The minimum Gasteiger partial charge on any atom is -0.454 e. The number of benzene rings is 2. The van der Waals surface area contributed by atoms with E-state index in [1.807, 2.05) is 37.4 Å².